The third-order valence-electron chi connectivity index (χ3n) is 3.52. The molecule has 1 aromatic rings. The monoisotopic (exact) mass is 292 g/mol. The van der Waals surface area contributed by atoms with Crippen molar-refractivity contribution in [3.63, 3.8) is 0 Å². The van der Waals surface area contributed by atoms with Gasteiger partial charge in [0, 0.05) is 38.4 Å². The molecule has 5 nitrogen and oxygen atoms in total. The van der Waals surface area contributed by atoms with Crippen LogP contribution in [0.15, 0.2) is 24.5 Å². The van der Waals surface area contributed by atoms with Crippen LogP contribution in [0.5, 0.6) is 0 Å². The van der Waals surface area contributed by atoms with Crippen LogP contribution < -0.4 is 5.73 Å². The lowest BCUT2D eigenvalue weighted by molar-refractivity contribution is -0.132. The van der Waals surface area contributed by atoms with Gasteiger partial charge >= 0.3 is 0 Å². The Morgan fingerprint density at radius 1 is 1.38 bits per heavy atom. The zero-order chi connectivity index (χ0) is 15.7. The number of nitrogens with zero attached hydrogens (tertiary/aromatic N) is 3. The second kappa shape index (κ2) is 9.47. The average molecular weight is 292 g/mol. The van der Waals surface area contributed by atoms with E-state index in [1.807, 2.05) is 37.3 Å². The molecule has 2 N–H and O–H groups in total. The molecule has 0 saturated heterocycles. The SMILES string of the molecule is CC(CN)CCC(=O)N(CCN(C)C)Cc1cccnc1. The molecule has 0 spiro atoms. The summed E-state index contributed by atoms with van der Waals surface area (Å²) in [7, 11) is 4.03. The van der Waals surface area contributed by atoms with Crippen molar-refractivity contribution in [1.82, 2.24) is 14.8 Å². The van der Waals surface area contributed by atoms with E-state index in [9.17, 15) is 4.79 Å². The fraction of sp³-hybridized carbons (Fsp3) is 0.625. The first-order valence-corrected chi connectivity index (χ1v) is 7.54. The van der Waals surface area contributed by atoms with Crippen molar-refractivity contribution in [2.24, 2.45) is 11.7 Å². The molecule has 0 aromatic carbocycles. The predicted octanol–water partition coefficient (Wildman–Crippen LogP) is 1.35. The largest absolute Gasteiger partial charge is 0.337 e. The van der Waals surface area contributed by atoms with Gasteiger partial charge in [0.05, 0.1) is 0 Å². The number of carbonyl (C=O) groups excluding carboxylic acids is 1. The van der Waals surface area contributed by atoms with Gasteiger partial charge < -0.3 is 15.5 Å². The minimum atomic E-state index is 0.195. The van der Waals surface area contributed by atoms with E-state index in [-0.39, 0.29) is 5.91 Å². The molecule has 118 valence electrons. The molecule has 1 aromatic heterocycles. The summed E-state index contributed by atoms with van der Waals surface area (Å²) in [5, 5.41) is 0. The zero-order valence-corrected chi connectivity index (χ0v) is 13.5. The molecular formula is C16H28N4O. The minimum Gasteiger partial charge on any atom is -0.337 e. The molecule has 0 aliphatic rings. The Bertz CT molecular complexity index is 408. The Morgan fingerprint density at radius 2 is 2.14 bits per heavy atom. The smallest absolute Gasteiger partial charge is 0.222 e. The van der Waals surface area contributed by atoms with E-state index in [0.29, 0.717) is 25.4 Å². The number of pyridine rings is 1. The third kappa shape index (κ3) is 7.20. The van der Waals surface area contributed by atoms with Gasteiger partial charge in [-0.15, -0.1) is 0 Å². The van der Waals surface area contributed by atoms with E-state index in [1.165, 1.54) is 0 Å². The van der Waals surface area contributed by atoms with E-state index in [4.69, 9.17) is 5.73 Å². The topological polar surface area (TPSA) is 62.5 Å². The average Bonchev–Trinajstić information content (AvgIpc) is 2.49. The van der Waals surface area contributed by atoms with Gasteiger partial charge in [0.2, 0.25) is 5.91 Å². The molecule has 1 unspecified atom stereocenters. The highest BCUT2D eigenvalue weighted by Crippen LogP contribution is 2.09. The van der Waals surface area contributed by atoms with Gasteiger partial charge in [0.15, 0.2) is 0 Å². The van der Waals surface area contributed by atoms with Crippen molar-refractivity contribution in [3.8, 4) is 0 Å². The number of carbonyl (C=O) groups is 1. The quantitative estimate of drug-likeness (QED) is 0.746. The highest BCUT2D eigenvalue weighted by atomic mass is 16.2. The van der Waals surface area contributed by atoms with Crippen LogP contribution in [0.4, 0.5) is 0 Å². The number of aromatic nitrogens is 1. The second-order valence-corrected chi connectivity index (χ2v) is 5.86. The van der Waals surface area contributed by atoms with Crippen molar-refractivity contribution in [2.75, 3.05) is 33.7 Å². The van der Waals surface area contributed by atoms with Gasteiger partial charge in [-0.1, -0.05) is 13.0 Å². The molecule has 0 aliphatic carbocycles. The molecule has 5 heteroatoms. The van der Waals surface area contributed by atoms with Crippen LogP contribution in [-0.2, 0) is 11.3 Å². The van der Waals surface area contributed by atoms with E-state index >= 15 is 0 Å². The number of amides is 1. The molecule has 0 saturated carbocycles. The summed E-state index contributed by atoms with van der Waals surface area (Å²) in [6.07, 6.45) is 4.98. The summed E-state index contributed by atoms with van der Waals surface area (Å²) in [6, 6.07) is 3.91. The lowest BCUT2D eigenvalue weighted by atomic mass is 10.1. The molecule has 0 radical (unpaired) electrons. The van der Waals surface area contributed by atoms with Gasteiger partial charge in [-0.05, 0) is 44.6 Å². The molecule has 21 heavy (non-hydrogen) atoms. The molecule has 1 amide bonds. The third-order valence-corrected chi connectivity index (χ3v) is 3.52. The summed E-state index contributed by atoms with van der Waals surface area (Å²) in [5.74, 6) is 0.587. The number of rotatable bonds is 9. The van der Waals surface area contributed by atoms with Crippen LogP contribution in [0.25, 0.3) is 0 Å². The van der Waals surface area contributed by atoms with Crippen molar-refractivity contribution in [1.29, 1.82) is 0 Å². The minimum absolute atomic E-state index is 0.195. The Kier molecular flexibility index (Phi) is 7.93. The zero-order valence-electron chi connectivity index (χ0n) is 13.5. The van der Waals surface area contributed by atoms with Crippen molar-refractivity contribution in [3.05, 3.63) is 30.1 Å². The van der Waals surface area contributed by atoms with Crippen LogP contribution in [0, 0.1) is 5.92 Å². The van der Waals surface area contributed by atoms with E-state index < -0.39 is 0 Å². The van der Waals surface area contributed by atoms with Crippen molar-refractivity contribution < 1.29 is 4.79 Å². The Balaban J connectivity index is 2.60. The fourth-order valence-corrected chi connectivity index (χ4v) is 1.97. The van der Waals surface area contributed by atoms with Gasteiger partial charge in [-0.3, -0.25) is 9.78 Å². The van der Waals surface area contributed by atoms with Gasteiger partial charge in [0.25, 0.3) is 0 Å². The first-order chi connectivity index (χ1) is 10.0. The molecule has 1 atom stereocenters. The van der Waals surface area contributed by atoms with Gasteiger partial charge in [0.1, 0.15) is 0 Å². The van der Waals surface area contributed by atoms with Crippen LogP contribution >= 0.6 is 0 Å². The molecular weight excluding hydrogens is 264 g/mol. The molecule has 1 rings (SSSR count). The lowest BCUT2D eigenvalue weighted by Gasteiger charge is -2.25. The summed E-state index contributed by atoms with van der Waals surface area (Å²) in [6.45, 7) is 4.93. The summed E-state index contributed by atoms with van der Waals surface area (Å²) in [5.41, 5.74) is 6.68. The van der Waals surface area contributed by atoms with Crippen molar-refractivity contribution in [2.45, 2.75) is 26.3 Å². The predicted molar refractivity (Wildman–Crippen MR) is 85.7 cm³/mol. The highest BCUT2D eigenvalue weighted by Gasteiger charge is 2.15. The maximum absolute atomic E-state index is 12.4. The van der Waals surface area contributed by atoms with Crippen molar-refractivity contribution >= 4 is 5.91 Å². The molecule has 0 fully saturated rings. The normalized spacial score (nSPS) is 12.4. The van der Waals surface area contributed by atoms with Crippen LogP contribution in [0.1, 0.15) is 25.3 Å². The van der Waals surface area contributed by atoms with E-state index in [0.717, 1.165) is 25.1 Å². The Hall–Kier alpha value is -1.46. The van der Waals surface area contributed by atoms with Gasteiger partial charge in [-0.25, -0.2) is 0 Å². The number of likely N-dealkylation sites (N-methyl/N-ethyl adjacent to an activating group) is 1. The summed E-state index contributed by atoms with van der Waals surface area (Å²) < 4.78 is 0. The Morgan fingerprint density at radius 3 is 2.71 bits per heavy atom. The first kappa shape index (κ1) is 17.6. The fourth-order valence-electron chi connectivity index (χ4n) is 1.97. The maximum atomic E-state index is 12.4. The summed E-state index contributed by atoms with van der Waals surface area (Å²) in [4.78, 5) is 20.5. The maximum Gasteiger partial charge on any atom is 0.222 e. The summed E-state index contributed by atoms with van der Waals surface area (Å²) >= 11 is 0. The highest BCUT2D eigenvalue weighted by molar-refractivity contribution is 5.76. The number of hydrogen-bond acceptors (Lipinski definition) is 4. The standard InChI is InChI=1S/C16H28N4O/c1-14(11-17)6-7-16(21)20(10-9-19(2)3)13-15-5-4-8-18-12-15/h4-5,8,12,14H,6-7,9-11,13,17H2,1-3H3. The number of hydrogen-bond donors (Lipinski definition) is 1. The molecule has 0 aliphatic heterocycles. The first-order valence-electron chi connectivity index (χ1n) is 7.54. The van der Waals surface area contributed by atoms with Crippen LogP contribution in [0.3, 0.4) is 0 Å². The number of nitrogens with two attached hydrogens (primary N) is 1. The van der Waals surface area contributed by atoms with E-state index in [1.54, 1.807) is 6.20 Å². The lowest BCUT2D eigenvalue weighted by Crippen LogP contribution is -2.36. The Labute approximate surface area is 128 Å². The van der Waals surface area contributed by atoms with Crippen LogP contribution in [0.2, 0.25) is 0 Å². The van der Waals surface area contributed by atoms with E-state index in [2.05, 4.69) is 16.8 Å². The van der Waals surface area contributed by atoms with Crippen LogP contribution in [-0.4, -0.2) is 54.4 Å². The molecule has 1 heterocycles. The molecule has 0 bridgehead atoms. The second-order valence-electron chi connectivity index (χ2n) is 5.86. The van der Waals surface area contributed by atoms with Gasteiger partial charge in [-0.2, -0.15) is 0 Å².